The number of H-pyrrole nitrogens is 1. The zero-order chi connectivity index (χ0) is 27.5. The molecule has 1 atom stereocenters. The molecule has 0 spiro atoms. The number of nitrogens with zero attached hydrogens (tertiary/aromatic N) is 5. The maximum Gasteiger partial charge on any atom is 0.253 e. The molecule has 0 saturated heterocycles. The van der Waals surface area contributed by atoms with E-state index in [9.17, 15) is 9.18 Å². The third kappa shape index (κ3) is 5.40. The summed E-state index contributed by atoms with van der Waals surface area (Å²) in [6, 6.07) is 17.1. The molecule has 1 N–H and O–H groups in total. The molecular formula is C30H31FN6O3. The molecule has 206 valence electrons. The Morgan fingerprint density at radius 1 is 1.10 bits per heavy atom. The first kappa shape index (κ1) is 25.9. The molecule has 3 heterocycles. The highest BCUT2D eigenvalue weighted by Gasteiger charge is 2.33. The summed E-state index contributed by atoms with van der Waals surface area (Å²) in [6.45, 7) is 0.779. The summed E-state index contributed by atoms with van der Waals surface area (Å²) < 4.78 is 26.9. The number of pyridine rings is 1. The minimum atomic E-state index is -0.619. The number of rotatable bonds is 9. The van der Waals surface area contributed by atoms with Gasteiger partial charge in [0.25, 0.3) is 5.56 Å². The van der Waals surface area contributed by atoms with Gasteiger partial charge in [0.05, 0.1) is 26.0 Å². The van der Waals surface area contributed by atoms with Crippen molar-refractivity contribution in [1.29, 1.82) is 0 Å². The Labute approximate surface area is 230 Å². The predicted molar refractivity (Wildman–Crippen MR) is 147 cm³/mol. The van der Waals surface area contributed by atoms with E-state index in [-0.39, 0.29) is 17.4 Å². The number of furan rings is 1. The number of tetrazole rings is 1. The number of ether oxygens (including phenoxy) is 1. The van der Waals surface area contributed by atoms with Crippen LogP contribution in [0.25, 0.3) is 10.9 Å². The van der Waals surface area contributed by atoms with Crippen molar-refractivity contribution in [1.82, 2.24) is 30.1 Å². The Kier molecular flexibility index (Phi) is 7.41. The van der Waals surface area contributed by atoms with Gasteiger partial charge in [-0.25, -0.2) is 9.07 Å². The molecule has 1 fully saturated rings. The molecule has 0 radical (unpaired) electrons. The fraction of sp³-hybridized carbons (Fsp3) is 0.333. The molecule has 1 aliphatic carbocycles. The SMILES string of the molecule is COc1ccc2[nH]c(=O)c([C@H](c3nnnn3C3CCCCC3)N(Cc3ccc(F)cc3)Cc3ccco3)cc2c1. The first-order valence-electron chi connectivity index (χ1n) is 13.6. The van der Waals surface area contributed by atoms with Crippen LogP contribution in [0.2, 0.25) is 0 Å². The second kappa shape index (κ2) is 11.4. The molecule has 10 heteroatoms. The van der Waals surface area contributed by atoms with Crippen molar-refractivity contribution in [3.63, 3.8) is 0 Å². The summed E-state index contributed by atoms with van der Waals surface area (Å²) in [5.41, 5.74) is 1.86. The van der Waals surface area contributed by atoms with E-state index in [0.29, 0.717) is 35.7 Å². The average molecular weight is 543 g/mol. The number of aromatic amines is 1. The van der Waals surface area contributed by atoms with Crippen LogP contribution >= 0.6 is 0 Å². The monoisotopic (exact) mass is 542 g/mol. The predicted octanol–water partition coefficient (Wildman–Crippen LogP) is 5.55. The van der Waals surface area contributed by atoms with Crippen LogP contribution in [0, 0.1) is 5.82 Å². The summed E-state index contributed by atoms with van der Waals surface area (Å²) in [6.07, 6.45) is 6.99. The lowest BCUT2D eigenvalue weighted by molar-refractivity contribution is 0.173. The molecule has 0 unspecified atom stereocenters. The van der Waals surface area contributed by atoms with Crippen LogP contribution in [0.5, 0.6) is 5.75 Å². The lowest BCUT2D eigenvalue weighted by Gasteiger charge is -2.32. The van der Waals surface area contributed by atoms with Crippen molar-refractivity contribution in [2.24, 2.45) is 0 Å². The molecule has 9 nitrogen and oxygen atoms in total. The van der Waals surface area contributed by atoms with Crippen molar-refractivity contribution in [3.8, 4) is 5.75 Å². The van der Waals surface area contributed by atoms with E-state index in [4.69, 9.17) is 9.15 Å². The largest absolute Gasteiger partial charge is 0.497 e. The summed E-state index contributed by atoms with van der Waals surface area (Å²) in [5, 5.41) is 13.9. The molecule has 1 saturated carbocycles. The fourth-order valence-electron chi connectivity index (χ4n) is 5.66. The van der Waals surface area contributed by atoms with Gasteiger partial charge in [-0.2, -0.15) is 0 Å². The van der Waals surface area contributed by atoms with Crippen LogP contribution in [0.4, 0.5) is 4.39 Å². The lowest BCUT2D eigenvalue weighted by Crippen LogP contribution is -2.35. The van der Waals surface area contributed by atoms with Crippen LogP contribution in [-0.4, -0.2) is 37.2 Å². The normalized spacial score (nSPS) is 15.1. The quantitative estimate of drug-likeness (QED) is 0.260. The minimum absolute atomic E-state index is 0.150. The molecule has 6 rings (SSSR count). The zero-order valence-corrected chi connectivity index (χ0v) is 22.3. The van der Waals surface area contributed by atoms with Gasteiger partial charge in [-0.3, -0.25) is 9.69 Å². The molecule has 5 aromatic rings. The van der Waals surface area contributed by atoms with Crippen LogP contribution in [-0.2, 0) is 13.1 Å². The van der Waals surface area contributed by atoms with E-state index in [0.717, 1.165) is 42.4 Å². The Morgan fingerprint density at radius 2 is 1.93 bits per heavy atom. The molecule has 0 bridgehead atoms. The van der Waals surface area contributed by atoms with E-state index in [2.05, 4.69) is 25.4 Å². The summed E-state index contributed by atoms with van der Waals surface area (Å²) in [4.78, 5) is 18.9. The number of aromatic nitrogens is 5. The summed E-state index contributed by atoms with van der Waals surface area (Å²) in [5.74, 6) is 1.70. The number of hydrogen-bond donors (Lipinski definition) is 1. The topological polar surface area (TPSA) is 102 Å². The van der Waals surface area contributed by atoms with E-state index >= 15 is 0 Å². The van der Waals surface area contributed by atoms with Crippen molar-refractivity contribution >= 4 is 10.9 Å². The number of nitrogens with one attached hydrogen (secondary N) is 1. The Hall–Kier alpha value is -4.31. The Balaban J connectivity index is 1.53. The number of hydrogen-bond acceptors (Lipinski definition) is 7. The second-order valence-electron chi connectivity index (χ2n) is 10.3. The smallest absolute Gasteiger partial charge is 0.253 e. The number of benzene rings is 2. The standard InChI is InChI=1S/C30H31FN6O3/c1-39-24-13-14-27-21(16-24)17-26(30(38)32-27)28(29-33-34-35-37(29)23-6-3-2-4-7-23)36(19-25-8-5-15-40-25)18-20-9-11-22(31)12-10-20/h5,8-17,23,28H,2-4,6-7,18-19H2,1H3,(H,32,38)/t28-/m1/s1. The van der Waals surface area contributed by atoms with Gasteiger partial charge < -0.3 is 14.1 Å². The maximum atomic E-state index is 13.8. The first-order valence-corrected chi connectivity index (χ1v) is 13.6. The van der Waals surface area contributed by atoms with E-state index in [1.165, 1.54) is 18.6 Å². The summed E-state index contributed by atoms with van der Waals surface area (Å²) in [7, 11) is 1.61. The van der Waals surface area contributed by atoms with Crippen LogP contribution in [0.3, 0.4) is 0 Å². The van der Waals surface area contributed by atoms with Crippen LogP contribution in [0.15, 0.2) is 76.1 Å². The van der Waals surface area contributed by atoms with Crippen molar-refractivity contribution in [3.05, 3.63) is 106 Å². The third-order valence-corrected chi connectivity index (χ3v) is 7.66. The Morgan fingerprint density at radius 3 is 2.67 bits per heavy atom. The van der Waals surface area contributed by atoms with E-state index < -0.39 is 6.04 Å². The highest BCUT2D eigenvalue weighted by atomic mass is 19.1. The van der Waals surface area contributed by atoms with Crippen molar-refractivity contribution < 1.29 is 13.5 Å². The van der Waals surface area contributed by atoms with Gasteiger partial charge in [-0.15, -0.1) is 5.10 Å². The van der Waals surface area contributed by atoms with Gasteiger partial charge >= 0.3 is 0 Å². The number of halogens is 1. The van der Waals surface area contributed by atoms with Crippen LogP contribution < -0.4 is 10.3 Å². The molecule has 40 heavy (non-hydrogen) atoms. The fourth-order valence-corrected chi connectivity index (χ4v) is 5.66. The minimum Gasteiger partial charge on any atom is -0.497 e. The summed E-state index contributed by atoms with van der Waals surface area (Å²) >= 11 is 0. The lowest BCUT2D eigenvalue weighted by atomic mass is 9.95. The Bertz CT molecular complexity index is 1620. The molecule has 3 aromatic heterocycles. The van der Waals surface area contributed by atoms with Crippen LogP contribution in [0.1, 0.15) is 66.9 Å². The van der Waals surface area contributed by atoms with Crippen molar-refractivity contribution in [2.45, 2.75) is 57.3 Å². The molecule has 0 amide bonds. The molecular weight excluding hydrogens is 511 g/mol. The number of methoxy groups -OCH3 is 1. The van der Waals surface area contributed by atoms with Gasteiger partial charge in [-0.05, 0) is 77.4 Å². The molecule has 2 aromatic carbocycles. The average Bonchev–Trinajstić information content (AvgIpc) is 3.68. The molecule has 1 aliphatic rings. The van der Waals surface area contributed by atoms with Gasteiger partial charge in [0.1, 0.15) is 23.4 Å². The highest BCUT2D eigenvalue weighted by molar-refractivity contribution is 5.80. The van der Waals surface area contributed by atoms with Gasteiger partial charge in [0, 0.05) is 23.0 Å². The van der Waals surface area contributed by atoms with E-state index in [1.807, 2.05) is 41.1 Å². The molecule has 0 aliphatic heterocycles. The van der Waals surface area contributed by atoms with Gasteiger partial charge in [-0.1, -0.05) is 31.4 Å². The van der Waals surface area contributed by atoms with Crippen molar-refractivity contribution in [2.75, 3.05) is 7.11 Å². The number of fused-ring (bicyclic) bond motifs is 1. The second-order valence-corrected chi connectivity index (χ2v) is 10.3. The van der Waals surface area contributed by atoms with E-state index in [1.54, 1.807) is 25.5 Å². The zero-order valence-electron chi connectivity index (χ0n) is 22.3. The highest BCUT2D eigenvalue weighted by Crippen LogP contribution is 2.35. The van der Waals surface area contributed by atoms with Gasteiger partial charge in [0.15, 0.2) is 5.82 Å². The maximum absolute atomic E-state index is 13.8. The third-order valence-electron chi connectivity index (χ3n) is 7.66. The first-order chi connectivity index (χ1) is 19.6. The van der Waals surface area contributed by atoms with Gasteiger partial charge in [0.2, 0.25) is 0 Å².